The lowest BCUT2D eigenvalue weighted by Crippen LogP contribution is -2.37. The first-order chi connectivity index (χ1) is 11.5. The molecule has 24 heavy (non-hydrogen) atoms. The zero-order valence-electron chi connectivity index (χ0n) is 14.2. The van der Waals surface area contributed by atoms with Crippen LogP contribution in [0.15, 0.2) is 29.2 Å². The maximum atomic E-state index is 11.5. The van der Waals surface area contributed by atoms with E-state index in [4.69, 9.17) is 9.47 Å². The van der Waals surface area contributed by atoms with Gasteiger partial charge >= 0.3 is 0 Å². The molecule has 1 aromatic rings. The molecular weight excluding hydrogens is 326 g/mol. The molecule has 3 rings (SSSR count). The number of ether oxygens (including phenoxy) is 2. The predicted molar refractivity (Wildman–Crippen MR) is 93.2 cm³/mol. The standard InChI is InChI=1S/C18H27NO4S/c1-24(20,21)18-8-6-16(7-9-18)22-14-2-4-15(5-3-14)23-17-10-12-19-13-11-17/h6-9,14-15,17,19H,2-5,10-13H2,1H3/t14-,15-. The molecule has 1 heterocycles. The highest BCUT2D eigenvalue weighted by Crippen LogP contribution is 2.27. The number of hydrogen-bond acceptors (Lipinski definition) is 5. The van der Waals surface area contributed by atoms with Gasteiger partial charge in [-0.1, -0.05) is 0 Å². The second kappa shape index (κ2) is 7.85. The van der Waals surface area contributed by atoms with Crippen LogP contribution in [-0.2, 0) is 14.6 Å². The van der Waals surface area contributed by atoms with Gasteiger partial charge in [-0.15, -0.1) is 0 Å². The topological polar surface area (TPSA) is 64.6 Å². The van der Waals surface area contributed by atoms with Gasteiger partial charge in [0.2, 0.25) is 0 Å². The van der Waals surface area contributed by atoms with Crippen LogP contribution < -0.4 is 10.1 Å². The summed E-state index contributed by atoms with van der Waals surface area (Å²) in [6, 6.07) is 6.70. The summed E-state index contributed by atoms with van der Waals surface area (Å²) in [5.41, 5.74) is 0. The molecule has 2 fully saturated rings. The first-order valence-corrected chi connectivity index (χ1v) is 10.7. The monoisotopic (exact) mass is 353 g/mol. The third-order valence-electron chi connectivity index (χ3n) is 4.85. The normalized spacial score (nSPS) is 26.2. The SMILES string of the molecule is CS(=O)(=O)c1ccc(O[C@H]2CC[C@H](OC3CCNCC3)CC2)cc1. The van der Waals surface area contributed by atoms with Crippen molar-refractivity contribution in [2.24, 2.45) is 0 Å². The average molecular weight is 353 g/mol. The summed E-state index contributed by atoms with van der Waals surface area (Å²) >= 11 is 0. The molecule has 0 bridgehead atoms. The highest BCUT2D eigenvalue weighted by molar-refractivity contribution is 7.90. The van der Waals surface area contributed by atoms with E-state index in [0.717, 1.165) is 57.4 Å². The first kappa shape index (κ1) is 17.7. The third kappa shape index (κ3) is 4.94. The Balaban J connectivity index is 1.45. The van der Waals surface area contributed by atoms with Gasteiger partial charge in [0.15, 0.2) is 9.84 Å². The average Bonchev–Trinajstić information content (AvgIpc) is 2.57. The van der Waals surface area contributed by atoms with Crippen LogP contribution in [-0.4, -0.2) is 46.1 Å². The number of benzene rings is 1. The van der Waals surface area contributed by atoms with Gasteiger partial charge < -0.3 is 14.8 Å². The van der Waals surface area contributed by atoms with Gasteiger partial charge in [-0.3, -0.25) is 0 Å². The van der Waals surface area contributed by atoms with E-state index in [0.29, 0.717) is 17.1 Å². The van der Waals surface area contributed by atoms with Crippen LogP contribution in [0, 0.1) is 0 Å². The Morgan fingerprint density at radius 2 is 1.42 bits per heavy atom. The van der Waals surface area contributed by atoms with Crippen molar-refractivity contribution in [3.63, 3.8) is 0 Å². The van der Waals surface area contributed by atoms with Gasteiger partial charge in [-0.2, -0.15) is 0 Å². The summed E-state index contributed by atoms with van der Waals surface area (Å²) in [4.78, 5) is 0.328. The van der Waals surface area contributed by atoms with E-state index in [1.807, 2.05) is 0 Å². The number of sulfone groups is 1. The fourth-order valence-electron chi connectivity index (χ4n) is 3.45. The number of nitrogens with one attached hydrogen (secondary N) is 1. The van der Waals surface area contributed by atoms with Crippen molar-refractivity contribution in [1.82, 2.24) is 5.32 Å². The Labute approximate surface area is 144 Å². The van der Waals surface area contributed by atoms with E-state index in [2.05, 4.69) is 5.32 Å². The zero-order chi connectivity index (χ0) is 17.0. The second-order valence-electron chi connectivity index (χ2n) is 6.85. The Kier molecular flexibility index (Phi) is 5.79. The van der Waals surface area contributed by atoms with Crippen molar-refractivity contribution in [2.75, 3.05) is 19.3 Å². The van der Waals surface area contributed by atoms with Gasteiger partial charge in [0, 0.05) is 6.26 Å². The number of rotatable bonds is 5. The molecule has 0 spiro atoms. The minimum atomic E-state index is -3.15. The van der Waals surface area contributed by atoms with E-state index in [1.165, 1.54) is 6.26 Å². The lowest BCUT2D eigenvalue weighted by atomic mass is 9.94. The molecular formula is C18H27NO4S. The van der Waals surface area contributed by atoms with Crippen LogP contribution in [0.2, 0.25) is 0 Å². The van der Waals surface area contributed by atoms with Crippen molar-refractivity contribution in [1.29, 1.82) is 0 Å². The van der Waals surface area contributed by atoms with Crippen LogP contribution in [0.5, 0.6) is 5.75 Å². The molecule has 1 saturated heterocycles. The highest BCUT2D eigenvalue weighted by atomic mass is 32.2. The molecule has 6 heteroatoms. The molecule has 5 nitrogen and oxygen atoms in total. The summed E-state index contributed by atoms with van der Waals surface area (Å²) < 4.78 is 35.2. The molecule has 1 N–H and O–H groups in total. The molecule has 0 aromatic heterocycles. The summed E-state index contributed by atoms with van der Waals surface area (Å²) in [5, 5.41) is 3.36. The van der Waals surface area contributed by atoms with Crippen LogP contribution in [0.4, 0.5) is 0 Å². The van der Waals surface area contributed by atoms with Gasteiger partial charge in [-0.25, -0.2) is 8.42 Å². The first-order valence-electron chi connectivity index (χ1n) is 8.83. The van der Waals surface area contributed by atoms with Crippen molar-refractivity contribution in [3.8, 4) is 5.75 Å². The van der Waals surface area contributed by atoms with Crippen LogP contribution in [0.25, 0.3) is 0 Å². The molecule has 0 amide bonds. The minimum absolute atomic E-state index is 0.196. The molecule has 134 valence electrons. The molecule has 1 aliphatic heterocycles. The van der Waals surface area contributed by atoms with Gasteiger partial charge in [0.1, 0.15) is 5.75 Å². The number of hydrogen-bond donors (Lipinski definition) is 1. The fraction of sp³-hybridized carbons (Fsp3) is 0.667. The Morgan fingerprint density at radius 3 is 2.00 bits per heavy atom. The van der Waals surface area contributed by atoms with E-state index < -0.39 is 9.84 Å². The summed E-state index contributed by atoms with van der Waals surface area (Å²) in [5.74, 6) is 0.741. The molecule has 1 saturated carbocycles. The van der Waals surface area contributed by atoms with Gasteiger partial charge in [-0.05, 0) is 75.9 Å². The minimum Gasteiger partial charge on any atom is -0.490 e. The zero-order valence-corrected chi connectivity index (χ0v) is 15.1. The maximum absolute atomic E-state index is 11.5. The maximum Gasteiger partial charge on any atom is 0.175 e. The van der Waals surface area contributed by atoms with Crippen LogP contribution in [0.3, 0.4) is 0 Å². The quantitative estimate of drug-likeness (QED) is 0.881. The highest BCUT2D eigenvalue weighted by Gasteiger charge is 2.26. The summed E-state index contributed by atoms with van der Waals surface area (Å²) in [6.07, 6.45) is 8.47. The predicted octanol–water partition coefficient (Wildman–Crippen LogP) is 2.55. The largest absolute Gasteiger partial charge is 0.490 e. The fourth-order valence-corrected chi connectivity index (χ4v) is 4.08. The Bertz CT molecular complexity index is 615. The molecule has 0 atom stereocenters. The number of piperidine rings is 1. The van der Waals surface area contributed by atoms with Gasteiger partial charge in [0.05, 0.1) is 23.2 Å². The van der Waals surface area contributed by atoms with Crippen molar-refractivity contribution >= 4 is 9.84 Å². The Hall–Kier alpha value is -1.11. The van der Waals surface area contributed by atoms with E-state index in [1.54, 1.807) is 24.3 Å². The summed E-state index contributed by atoms with van der Waals surface area (Å²) in [6.45, 7) is 2.12. The second-order valence-corrected chi connectivity index (χ2v) is 8.86. The van der Waals surface area contributed by atoms with Crippen LogP contribution in [0.1, 0.15) is 38.5 Å². The lowest BCUT2D eigenvalue weighted by Gasteiger charge is -2.33. The van der Waals surface area contributed by atoms with Crippen molar-refractivity contribution in [3.05, 3.63) is 24.3 Å². The van der Waals surface area contributed by atoms with E-state index in [9.17, 15) is 8.42 Å². The summed E-state index contributed by atoms with van der Waals surface area (Å²) in [7, 11) is -3.15. The smallest absolute Gasteiger partial charge is 0.175 e. The molecule has 2 aliphatic rings. The van der Waals surface area contributed by atoms with Gasteiger partial charge in [0.25, 0.3) is 0 Å². The van der Waals surface area contributed by atoms with E-state index >= 15 is 0 Å². The molecule has 1 aromatic carbocycles. The van der Waals surface area contributed by atoms with Crippen molar-refractivity contribution < 1.29 is 17.9 Å². The third-order valence-corrected chi connectivity index (χ3v) is 5.98. The molecule has 0 radical (unpaired) electrons. The van der Waals surface area contributed by atoms with Crippen LogP contribution >= 0.6 is 0 Å². The molecule has 0 unspecified atom stereocenters. The van der Waals surface area contributed by atoms with E-state index in [-0.39, 0.29) is 6.10 Å². The lowest BCUT2D eigenvalue weighted by molar-refractivity contribution is -0.0548. The van der Waals surface area contributed by atoms with Crippen molar-refractivity contribution in [2.45, 2.75) is 61.7 Å². The Morgan fingerprint density at radius 1 is 0.875 bits per heavy atom. The molecule has 1 aliphatic carbocycles.